The number of rotatable bonds is 6. The third-order valence-electron chi connectivity index (χ3n) is 4.00. The molecule has 0 saturated heterocycles. The Bertz CT molecular complexity index is 948. The molecule has 0 radical (unpaired) electrons. The van der Waals surface area contributed by atoms with Gasteiger partial charge in [-0.1, -0.05) is 6.08 Å². The average molecular weight is 428 g/mol. The zero-order valence-electron chi connectivity index (χ0n) is 16.9. The number of nitrogens with zero attached hydrogens (tertiary/aromatic N) is 6. The number of carbonyl (C=O) groups excluding carboxylic acids is 1. The van der Waals surface area contributed by atoms with Crippen LogP contribution in [-0.2, 0) is 4.74 Å². The third-order valence-corrected chi connectivity index (χ3v) is 4.52. The maximum atomic E-state index is 12.2. The van der Waals surface area contributed by atoms with Crippen LogP contribution in [0.4, 0.5) is 10.5 Å². The van der Waals surface area contributed by atoms with E-state index in [1.807, 2.05) is 26.8 Å². The topological polar surface area (TPSA) is 124 Å². The molecule has 10 nitrogen and oxygen atoms in total. The lowest BCUT2D eigenvalue weighted by Crippen LogP contribution is -2.39. The van der Waals surface area contributed by atoms with Gasteiger partial charge in [0, 0.05) is 19.4 Å². The summed E-state index contributed by atoms with van der Waals surface area (Å²) in [6.07, 6.45) is 3.52. The Balaban J connectivity index is 1.64. The summed E-state index contributed by atoms with van der Waals surface area (Å²) in [5, 5.41) is 2.73. The quantitative estimate of drug-likeness (QED) is 0.312. The Morgan fingerprint density at radius 2 is 2.07 bits per heavy atom. The van der Waals surface area contributed by atoms with Crippen molar-refractivity contribution >= 4 is 35.4 Å². The molecule has 1 aromatic heterocycles. The van der Waals surface area contributed by atoms with Crippen molar-refractivity contribution in [3.05, 3.63) is 41.6 Å². The van der Waals surface area contributed by atoms with Crippen molar-refractivity contribution in [2.75, 3.05) is 13.1 Å². The molecule has 0 aliphatic carbocycles. The molecule has 0 unspecified atom stereocenters. The van der Waals surface area contributed by atoms with Crippen molar-refractivity contribution in [2.24, 2.45) is 10.2 Å². The molecule has 0 fully saturated rings. The Hall–Kier alpha value is -3.34. The van der Waals surface area contributed by atoms with Crippen LogP contribution in [0, 0.1) is 0 Å². The van der Waals surface area contributed by atoms with E-state index in [1.165, 1.54) is 6.34 Å². The van der Waals surface area contributed by atoms with Gasteiger partial charge >= 0.3 is 6.09 Å². The summed E-state index contributed by atoms with van der Waals surface area (Å²) in [5.41, 5.74) is 12.3. The molecule has 2 heterocycles. The van der Waals surface area contributed by atoms with Crippen molar-refractivity contribution in [1.82, 2.24) is 19.1 Å². The van der Waals surface area contributed by atoms with Gasteiger partial charge in [0.1, 0.15) is 17.0 Å². The van der Waals surface area contributed by atoms with Crippen LogP contribution in [0.2, 0.25) is 0 Å². The predicted octanol–water partition coefficient (Wildman–Crippen LogP) is 4.54. The van der Waals surface area contributed by atoms with Crippen LogP contribution in [0.25, 0.3) is 11.1 Å². The van der Waals surface area contributed by atoms with E-state index in [4.69, 9.17) is 15.0 Å². The molecular formula is C19H22N7O3S-. The normalized spacial score (nSPS) is 14.4. The van der Waals surface area contributed by atoms with Crippen molar-refractivity contribution < 1.29 is 14.3 Å². The number of aromatic nitrogens is 2. The summed E-state index contributed by atoms with van der Waals surface area (Å²) in [6.45, 7) is 6.53. The number of aliphatic imine (C=N–C) groups is 1. The number of amides is 1. The van der Waals surface area contributed by atoms with E-state index in [-0.39, 0.29) is 6.09 Å². The lowest BCUT2D eigenvalue weighted by atomic mass is 10.1. The highest BCUT2D eigenvalue weighted by Crippen LogP contribution is 2.32. The molecule has 11 heteroatoms. The predicted molar refractivity (Wildman–Crippen MR) is 114 cm³/mol. The van der Waals surface area contributed by atoms with Gasteiger partial charge in [0.25, 0.3) is 5.88 Å². The van der Waals surface area contributed by atoms with Gasteiger partial charge in [-0.25, -0.2) is 4.79 Å². The highest BCUT2D eigenvalue weighted by molar-refractivity contribution is 6.99. The molecule has 158 valence electrons. The highest BCUT2D eigenvalue weighted by atomic mass is 32.1. The molecular weight excluding hydrogens is 406 g/mol. The monoisotopic (exact) mass is 428 g/mol. The second-order valence-corrected chi connectivity index (χ2v) is 7.94. The maximum Gasteiger partial charge on any atom is 0.410 e. The van der Waals surface area contributed by atoms with Gasteiger partial charge in [0.05, 0.1) is 17.4 Å². The van der Waals surface area contributed by atoms with Gasteiger partial charge in [-0.15, -0.1) is 4.37 Å². The van der Waals surface area contributed by atoms with E-state index in [2.05, 4.69) is 24.4 Å². The average Bonchev–Trinajstić information content (AvgIpc) is 3.16. The van der Waals surface area contributed by atoms with Gasteiger partial charge in [-0.2, -0.15) is 4.37 Å². The van der Waals surface area contributed by atoms with Crippen LogP contribution < -0.4 is 10.2 Å². The van der Waals surface area contributed by atoms with Crippen LogP contribution in [0.5, 0.6) is 11.6 Å². The van der Waals surface area contributed by atoms with Gasteiger partial charge in [-0.05, 0) is 57.0 Å². The number of ether oxygens (including phenoxy) is 2. The van der Waals surface area contributed by atoms with E-state index in [0.29, 0.717) is 42.5 Å². The van der Waals surface area contributed by atoms with Crippen molar-refractivity contribution in [2.45, 2.75) is 32.8 Å². The second kappa shape index (κ2) is 9.44. The lowest BCUT2D eigenvalue weighted by molar-refractivity contribution is 0.0270. The molecule has 3 rings (SSSR count). The van der Waals surface area contributed by atoms with Crippen molar-refractivity contribution in [3.63, 3.8) is 0 Å². The third kappa shape index (κ3) is 5.83. The molecule has 1 aliphatic heterocycles. The number of carbonyl (C=O) groups is 1. The van der Waals surface area contributed by atoms with Crippen LogP contribution >= 0.6 is 11.7 Å². The number of hydrogen-bond donors (Lipinski definition) is 1. The van der Waals surface area contributed by atoms with Gasteiger partial charge in [0.2, 0.25) is 0 Å². The van der Waals surface area contributed by atoms with Gasteiger partial charge in [-0.3, -0.25) is 10.2 Å². The number of hydrogen-bond acceptors (Lipinski definition) is 8. The van der Waals surface area contributed by atoms with E-state index < -0.39 is 5.60 Å². The molecule has 0 saturated carbocycles. The largest absolute Gasteiger partial charge is 0.444 e. The summed E-state index contributed by atoms with van der Waals surface area (Å²) in [4.78, 5) is 17.9. The van der Waals surface area contributed by atoms with E-state index in [1.54, 1.807) is 29.2 Å². The van der Waals surface area contributed by atoms with Crippen molar-refractivity contribution in [1.29, 1.82) is 0 Å². The molecule has 0 atom stereocenters. The fourth-order valence-electron chi connectivity index (χ4n) is 2.66. The molecule has 1 amide bonds. The van der Waals surface area contributed by atoms with Crippen LogP contribution in [0.1, 0.15) is 32.9 Å². The molecule has 1 N–H and O–H groups in total. The summed E-state index contributed by atoms with van der Waals surface area (Å²) >= 11 is 1.07. The van der Waals surface area contributed by atoms with E-state index in [9.17, 15) is 4.79 Å². The van der Waals surface area contributed by atoms with E-state index >= 15 is 0 Å². The Morgan fingerprint density at radius 3 is 2.70 bits per heavy atom. The summed E-state index contributed by atoms with van der Waals surface area (Å²) in [7, 11) is 0. The fraction of sp³-hybridized carbons (Fsp3) is 0.368. The van der Waals surface area contributed by atoms with Crippen LogP contribution in [0.3, 0.4) is 0 Å². The fourth-order valence-corrected chi connectivity index (χ4v) is 3.18. The minimum Gasteiger partial charge on any atom is -0.444 e. The zero-order valence-corrected chi connectivity index (χ0v) is 17.7. The van der Waals surface area contributed by atoms with Crippen molar-refractivity contribution in [3.8, 4) is 11.6 Å². The van der Waals surface area contributed by atoms with Gasteiger partial charge < -0.3 is 25.3 Å². The summed E-state index contributed by atoms with van der Waals surface area (Å²) in [5.74, 6) is 1.02. The first-order chi connectivity index (χ1) is 14.4. The Labute approximate surface area is 178 Å². The minimum atomic E-state index is -0.521. The Kier molecular flexibility index (Phi) is 6.72. The Morgan fingerprint density at radius 1 is 1.30 bits per heavy atom. The zero-order chi connectivity index (χ0) is 21.6. The van der Waals surface area contributed by atoms with Crippen LogP contribution in [0.15, 0.2) is 40.6 Å². The van der Waals surface area contributed by atoms with E-state index in [0.717, 1.165) is 17.3 Å². The first-order valence-electron chi connectivity index (χ1n) is 9.25. The highest BCUT2D eigenvalue weighted by Gasteiger charge is 2.25. The minimum absolute atomic E-state index is 0.323. The first-order valence-corrected chi connectivity index (χ1v) is 9.99. The molecule has 30 heavy (non-hydrogen) atoms. The second-order valence-electron chi connectivity index (χ2n) is 7.41. The molecule has 1 aromatic carbocycles. The first kappa shape index (κ1) is 21.4. The molecule has 1 aliphatic rings. The molecule has 0 spiro atoms. The summed E-state index contributed by atoms with van der Waals surface area (Å²) < 4.78 is 19.9. The summed E-state index contributed by atoms with van der Waals surface area (Å²) in [6, 6.07) is 7.02. The number of nitrogens with one attached hydrogen (secondary N) is 1. The maximum absolute atomic E-state index is 12.2. The lowest BCUT2D eigenvalue weighted by Gasteiger charge is -2.29. The molecule has 0 bridgehead atoms. The smallest absolute Gasteiger partial charge is 0.410 e. The SMILES string of the molecule is CC(C)(C)OC(=O)N1CC=C(c2nsnc2Oc2ccc(N=CNN=[N-])cc2)CC1. The van der Waals surface area contributed by atoms with Gasteiger partial charge in [0.15, 0.2) is 0 Å². The van der Waals surface area contributed by atoms with Crippen LogP contribution in [-0.4, -0.2) is 44.8 Å². The molecule has 2 aromatic rings. The number of benzene rings is 1. The standard InChI is InChI=1S/C19H22N7O3S/c1-19(2,3)29-18(27)26-10-8-13(9-11-26)16-17(24-30-23-16)28-15-6-4-14(5-7-15)21-12-22-25-20/h4-8,12H,9-11H2,1-3H3,(H-,20,21,22)/q-1.